The predicted octanol–water partition coefficient (Wildman–Crippen LogP) is 1.88. The van der Waals surface area contributed by atoms with E-state index in [4.69, 9.17) is 14.7 Å². The van der Waals surface area contributed by atoms with Crippen molar-refractivity contribution in [3.05, 3.63) is 18.2 Å². The van der Waals surface area contributed by atoms with Crippen LogP contribution in [0.15, 0.2) is 23.2 Å². The van der Waals surface area contributed by atoms with Gasteiger partial charge in [0.1, 0.15) is 13.2 Å². The first-order valence-corrected chi connectivity index (χ1v) is 6.23. The maximum atomic E-state index is 8.54. The fourth-order valence-corrected chi connectivity index (χ4v) is 1.74. The molecule has 0 saturated heterocycles. The first kappa shape index (κ1) is 11.6. The van der Waals surface area contributed by atoms with E-state index in [1.54, 1.807) is 6.07 Å². The zero-order valence-electron chi connectivity index (χ0n) is 9.27. The van der Waals surface area contributed by atoms with Crippen LogP contribution in [0.2, 0.25) is 0 Å². The Hall–Kier alpha value is -1.87. The van der Waals surface area contributed by atoms with Gasteiger partial charge >= 0.3 is 0 Å². The van der Waals surface area contributed by atoms with E-state index in [0.717, 1.165) is 11.4 Å². The van der Waals surface area contributed by atoms with Gasteiger partial charge in [0.05, 0.1) is 5.69 Å². The van der Waals surface area contributed by atoms with Crippen LogP contribution in [0.1, 0.15) is 0 Å². The van der Waals surface area contributed by atoms with E-state index in [2.05, 4.69) is 10.3 Å². The molecule has 0 saturated carbocycles. The van der Waals surface area contributed by atoms with Crippen LogP contribution in [0.25, 0.3) is 0 Å². The molecule has 1 aliphatic rings. The average Bonchev–Trinajstić information content (AvgIpc) is 2.38. The van der Waals surface area contributed by atoms with E-state index in [0.29, 0.717) is 24.1 Å². The van der Waals surface area contributed by atoms with Gasteiger partial charge in [0.2, 0.25) is 0 Å². The molecule has 0 atom stereocenters. The molecule has 88 valence electrons. The molecule has 0 spiro atoms. The summed E-state index contributed by atoms with van der Waals surface area (Å²) in [6, 6.07) is 5.43. The summed E-state index contributed by atoms with van der Waals surface area (Å²) in [7, 11) is 0. The van der Waals surface area contributed by atoms with Crippen molar-refractivity contribution in [1.29, 1.82) is 5.26 Å². The second-order valence-electron chi connectivity index (χ2n) is 3.19. The molecule has 0 fully saturated rings. The third kappa shape index (κ3) is 2.82. The minimum atomic E-state index is 0.546. The summed E-state index contributed by atoms with van der Waals surface area (Å²) in [6.45, 7) is 1.12. The quantitative estimate of drug-likeness (QED) is 0.356. The van der Waals surface area contributed by atoms with Gasteiger partial charge < -0.3 is 9.47 Å². The van der Waals surface area contributed by atoms with Gasteiger partial charge in [0.25, 0.3) is 0 Å². The Kier molecular flexibility index (Phi) is 3.73. The van der Waals surface area contributed by atoms with Crippen LogP contribution in [0.4, 0.5) is 5.69 Å². The summed E-state index contributed by atoms with van der Waals surface area (Å²) in [5, 5.41) is 11.6. The molecule has 0 aromatic heterocycles. The zero-order valence-corrected chi connectivity index (χ0v) is 10.1. The third-order valence-electron chi connectivity index (χ3n) is 2.11. The smallest absolute Gasteiger partial charge is 0.183 e. The summed E-state index contributed by atoms with van der Waals surface area (Å²) in [4.78, 5) is 4.29. The molecular formula is C11H11N3O2S. The van der Waals surface area contributed by atoms with E-state index in [1.165, 1.54) is 11.8 Å². The molecular weight excluding hydrogens is 238 g/mol. The largest absolute Gasteiger partial charge is 0.486 e. The van der Waals surface area contributed by atoms with Crippen molar-refractivity contribution in [3.63, 3.8) is 0 Å². The zero-order chi connectivity index (χ0) is 12.1. The number of nitrogens with one attached hydrogen (secondary N) is 1. The maximum absolute atomic E-state index is 8.54. The molecule has 1 aromatic carbocycles. The molecule has 1 heterocycles. The summed E-state index contributed by atoms with van der Waals surface area (Å²) >= 11 is 1.37. The van der Waals surface area contributed by atoms with E-state index in [-0.39, 0.29) is 0 Å². The van der Waals surface area contributed by atoms with Crippen molar-refractivity contribution in [3.8, 4) is 17.7 Å². The number of amidine groups is 1. The lowest BCUT2D eigenvalue weighted by Crippen LogP contribution is -2.15. The van der Waals surface area contributed by atoms with Gasteiger partial charge in [-0.05, 0) is 18.4 Å². The molecule has 0 amide bonds. The Balaban J connectivity index is 2.25. The molecule has 1 aromatic rings. The maximum Gasteiger partial charge on any atom is 0.183 e. The second kappa shape index (κ2) is 5.46. The number of nitrogens with zero attached hydrogens (tertiary/aromatic N) is 2. The molecule has 6 heteroatoms. The number of benzene rings is 1. The highest BCUT2D eigenvalue weighted by Crippen LogP contribution is 2.33. The molecule has 2 rings (SSSR count). The standard InChI is InChI=1S/C11H11N3O2S/c1-17-11(13-7-12)14-8-2-3-9-10(6-8)16-5-4-15-9/h2-3,6H,4-5H2,1H3,(H,13,14). The van der Waals surface area contributed by atoms with Crippen LogP contribution < -0.4 is 14.8 Å². The molecule has 0 unspecified atom stereocenters. The Labute approximate surface area is 103 Å². The van der Waals surface area contributed by atoms with E-state index in [1.807, 2.05) is 24.6 Å². The fourth-order valence-electron chi connectivity index (χ4n) is 1.39. The molecule has 1 N–H and O–H groups in total. The topological polar surface area (TPSA) is 66.6 Å². The SMILES string of the molecule is CSC(=Nc1ccc2c(c1)OCCO2)NC#N. The molecule has 0 bridgehead atoms. The number of hydrogen-bond acceptors (Lipinski definition) is 5. The summed E-state index contributed by atoms with van der Waals surface area (Å²) < 4.78 is 10.9. The van der Waals surface area contributed by atoms with Gasteiger partial charge in [0.15, 0.2) is 22.9 Å². The molecule has 17 heavy (non-hydrogen) atoms. The highest BCUT2D eigenvalue weighted by atomic mass is 32.2. The normalized spacial score (nSPS) is 14.0. The number of hydrogen-bond donors (Lipinski definition) is 1. The number of ether oxygens (including phenoxy) is 2. The summed E-state index contributed by atoms with van der Waals surface area (Å²) in [5.41, 5.74) is 0.723. The van der Waals surface area contributed by atoms with Crippen molar-refractivity contribution in [2.75, 3.05) is 19.5 Å². The lowest BCUT2D eigenvalue weighted by atomic mass is 10.2. The number of thioether (sulfide) groups is 1. The monoisotopic (exact) mass is 249 g/mol. The lowest BCUT2D eigenvalue weighted by molar-refractivity contribution is 0.171. The van der Waals surface area contributed by atoms with E-state index < -0.39 is 0 Å². The minimum Gasteiger partial charge on any atom is -0.486 e. The van der Waals surface area contributed by atoms with Crippen molar-refractivity contribution >= 4 is 22.6 Å². The van der Waals surface area contributed by atoms with Crippen molar-refractivity contribution in [2.24, 2.45) is 4.99 Å². The Bertz CT molecular complexity index is 482. The van der Waals surface area contributed by atoms with Crippen LogP contribution in [0, 0.1) is 11.5 Å². The van der Waals surface area contributed by atoms with E-state index in [9.17, 15) is 0 Å². The van der Waals surface area contributed by atoms with Gasteiger partial charge in [-0.1, -0.05) is 11.8 Å². The van der Waals surface area contributed by atoms with Crippen molar-refractivity contribution < 1.29 is 9.47 Å². The fraction of sp³-hybridized carbons (Fsp3) is 0.273. The van der Waals surface area contributed by atoms with Gasteiger partial charge in [0, 0.05) is 6.07 Å². The second-order valence-corrected chi connectivity index (χ2v) is 3.98. The van der Waals surface area contributed by atoms with Crippen LogP contribution in [-0.2, 0) is 0 Å². The third-order valence-corrected chi connectivity index (χ3v) is 2.69. The van der Waals surface area contributed by atoms with Crippen LogP contribution in [-0.4, -0.2) is 24.6 Å². The first-order chi connectivity index (χ1) is 8.33. The number of aliphatic imine (C=N–C) groups is 1. The minimum absolute atomic E-state index is 0.546. The van der Waals surface area contributed by atoms with Gasteiger partial charge in [-0.15, -0.1) is 0 Å². The molecule has 1 aliphatic heterocycles. The van der Waals surface area contributed by atoms with Crippen LogP contribution >= 0.6 is 11.8 Å². The van der Waals surface area contributed by atoms with Crippen LogP contribution in [0.3, 0.4) is 0 Å². The molecule has 0 radical (unpaired) electrons. The number of fused-ring (bicyclic) bond motifs is 1. The summed E-state index contributed by atoms with van der Waals surface area (Å²) in [6.07, 6.45) is 3.69. The Morgan fingerprint density at radius 2 is 2.18 bits per heavy atom. The van der Waals surface area contributed by atoms with Gasteiger partial charge in [-0.3, -0.25) is 5.32 Å². The first-order valence-electron chi connectivity index (χ1n) is 5.01. The van der Waals surface area contributed by atoms with Crippen LogP contribution in [0.5, 0.6) is 11.5 Å². The highest BCUT2D eigenvalue weighted by molar-refractivity contribution is 8.13. The molecule has 0 aliphatic carbocycles. The number of rotatable bonds is 1. The average molecular weight is 249 g/mol. The number of nitriles is 1. The Morgan fingerprint density at radius 3 is 2.88 bits per heavy atom. The Morgan fingerprint density at radius 1 is 1.41 bits per heavy atom. The van der Waals surface area contributed by atoms with Crippen molar-refractivity contribution in [1.82, 2.24) is 5.32 Å². The van der Waals surface area contributed by atoms with Gasteiger partial charge in [-0.25, -0.2) is 4.99 Å². The lowest BCUT2D eigenvalue weighted by Gasteiger charge is -2.18. The summed E-state index contributed by atoms with van der Waals surface area (Å²) in [5.74, 6) is 1.42. The van der Waals surface area contributed by atoms with Crippen molar-refractivity contribution in [2.45, 2.75) is 0 Å². The van der Waals surface area contributed by atoms with Gasteiger partial charge in [-0.2, -0.15) is 5.26 Å². The predicted molar refractivity (Wildman–Crippen MR) is 66.8 cm³/mol. The highest BCUT2D eigenvalue weighted by Gasteiger charge is 2.11. The molecule has 5 nitrogen and oxygen atoms in total. The van der Waals surface area contributed by atoms with E-state index >= 15 is 0 Å².